The lowest BCUT2D eigenvalue weighted by Gasteiger charge is -2.00. The number of hydrogen-bond acceptors (Lipinski definition) is 5. The Labute approximate surface area is 101 Å². The third-order valence-corrected chi connectivity index (χ3v) is 2.76. The lowest BCUT2D eigenvalue weighted by atomic mass is 10.2. The fraction of sp³-hybridized carbons (Fsp3) is 0.400. The monoisotopic (exact) mass is 286 g/mol. The molecule has 0 saturated heterocycles. The van der Waals surface area contributed by atoms with Crippen molar-refractivity contribution >= 4 is 15.9 Å². The minimum atomic E-state index is -0.673. The summed E-state index contributed by atoms with van der Waals surface area (Å²) in [6, 6.07) is 1.72. The summed E-state index contributed by atoms with van der Waals surface area (Å²) in [5.41, 5.74) is 0.683. The quantitative estimate of drug-likeness (QED) is 0.936. The summed E-state index contributed by atoms with van der Waals surface area (Å²) >= 11 is 3.22. The molecule has 0 spiro atoms. The highest BCUT2D eigenvalue weighted by molar-refractivity contribution is 9.10. The van der Waals surface area contributed by atoms with E-state index in [1.54, 1.807) is 6.07 Å². The van der Waals surface area contributed by atoms with Crippen molar-refractivity contribution in [3.63, 3.8) is 0 Å². The Morgan fingerprint density at radius 1 is 1.56 bits per heavy atom. The summed E-state index contributed by atoms with van der Waals surface area (Å²) in [6.45, 7) is 1.98. The molecule has 1 N–H and O–H groups in total. The van der Waals surface area contributed by atoms with Crippen molar-refractivity contribution < 1.29 is 14.0 Å². The molecule has 0 aromatic carbocycles. The van der Waals surface area contributed by atoms with Crippen molar-refractivity contribution in [3.8, 4) is 11.5 Å². The molecule has 2 aromatic rings. The molecule has 0 amide bonds. The van der Waals surface area contributed by atoms with Crippen LogP contribution in [0.25, 0.3) is 11.5 Å². The third kappa shape index (κ3) is 2.17. The van der Waals surface area contributed by atoms with Gasteiger partial charge in [-0.3, -0.25) is 0 Å². The van der Waals surface area contributed by atoms with Gasteiger partial charge in [-0.2, -0.15) is 4.98 Å². The molecule has 0 saturated carbocycles. The van der Waals surface area contributed by atoms with Crippen LogP contribution in [0.2, 0.25) is 0 Å². The van der Waals surface area contributed by atoms with Crippen LogP contribution in [0.1, 0.15) is 31.7 Å². The van der Waals surface area contributed by atoms with E-state index in [0.29, 0.717) is 28.4 Å². The Balaban J connectivity index is 2.23. The van der Waals surface area contributed by atoms with Crippen molar-refractivity contribution in [1.29, 1.82) is 0 Å². The van der Waals surface area contributed by atoms with Gasteiger partial charge in [0.1, 0.15) is 6.10 Å². The predicted octanol–water partition coefficient (Wildman–Crippen LogP) is 2.93. The third-order valence-electron chi connectivity index (χ3n) is 2.15. The highest BCUT2D eigenvalue weighted by Crippen LogP contribution is 2.28. The SMILES string of the molecule is CCCC(O)c1noc(-c2ccoc2Br)n1. The lowest BCUT2D eigenvalue weighted by molar-refractivity contribution is 0.153. The van der Waals surface area contributed by atoms with Crippen LogP contribution < -0.4 is 0 Å². The molecule has 2 aromatic heterocycles. The minimum Gasteiger partial charge on any atom is -0.457 e. The highest BCUT2D eigenvalue weighted by atomic mass is 79.9. The Morgan fingerprint density at radius 3 is 3.00 bits per heavy atom. The number of halogens is 1. The number of hydrogen-bond donors (Lipinski definition) is 1. The van der Waals surface area contributed by atoms with Crippen molar-refractivity contribution in [3.05, 3.63) is 22.8 Å². The molecule has 5 nitrogen and oxygen atoms in total. The molecule has 0 fully saturated rings. The summed E-state index contributed by atoms with van der Waals surface area (Å²) in [6.07, 6.45) is 2.32. The van der Waals surface area contributed by atoms with Crippen LogP contribution >= 0.6 is 15.9 Å². The van der Waals surface area contributed by atoms with E-state index >= 15 is 0 Å². The van der Waals surface area contributed by atoms with Gasteiger partial charge in [-0.1, -0.05) is 18.5 Å². The van der Waals surface area contributed by atoms with Crippen LogP contribution in [0.5, 0.6) is 0 Å². The second-order valence-electron chi connectivity index (χ2n) is 3.37. The van der Waals surface area contributed by atoms with Gasteiger partial charge >= 0.3 is 0 Å². The van der Waals surface area contributed by atoms with Gasteiger partial charge in [-0.25, -0.2) is 0 Å². The average molecular weight is 287 g/mol. The molecular weight excluding hydrogens is 276 g/mol. The lowest BCUT2D eigenvalue weighted by Crippen LogP contribution is -1.98. The maximum atomic E-state index is 9.68. The molecule has 0 bridgehead atoms. The fourth-order valence-corrected chi connectivity index (χ4v) is 1.74. The first-order chi connectivity index (χ1) is 7.72. The summed E-state index contributed by atoms with van der Waals surface area (Å²) in [4.78, 5) is 4.11. The summed E-state index contributed by atoms with van der Waals surface area (Å²) in [5, 5.41) is 13.4. The molecule has 1 atom stereocenters. The van der Waals surface area contributed by atoms with E-state index in [1.807, 2.05) is 6.92 Å². The number of aromatic nitrogens is 2. The highest BCUT2D eigenvalue weighted by Gasteiger charge is 2.18. The topological polar surface area (TPSA) is 72.3 Å². The van der Waals surface area contributed by atoms with Gasteiger partial charge in [0.05, 0.1) is 11.8 Å². The van der Waals surface area contributed by atoms with E-state index in [0.717, 1.165) is 6.42 Å². The van der Waals surface area contributed by atoms with E-state index in [9.17, 15) is 5.11 Å². The molecule has 0 aliphatic carbocycles. The zero-order chi connectivity index (χ0) is 11.5. The molecule has 2 rings (SSSR count). The largest absolute Gasteiger partial charge is 0.457 e. The van der Waals surface area contributed by atoms with Crippen LogP contribution in [0, 0.1) is 0 Å². The molecule has 0 aliphatic heterocycles. The van der Waals surface area contributed by atoms with E-state index in [2.05, 4.69) is 26.1 Å². The molecule has 1 unspecified atom stereocenters. The van der Waals surface area contributed by atoms with Crippen molar-refractivity contribution in [2.75, 3.05) is 0 Å². The summed E-state index contributed by atoms with van der Waals surface area (Å²) < 4.78 is 10.6. The van der Waals surface area contributed by atoms with Gasteiger partial charge in [0, 0.05) is 0 Å². The van der Waals surface area contributed by atoms with Gasteiger partial charge < -0.3 is 14.0 Å². The van der Waals surface area contributed by atoms with E-state index < -0.39 is 6.10 Å². The van der Waals surface area contributed by atoms with Crippen molar-refractivity contribution in [2.24, 2.45) is 0 Å². The van der Waals surface area contributed by atoms with Crippen LogP contribution in [0.4, 0.5) is 0 Å². The number of aliphatic hydroxyl groups is 1. The van der Waals surface area contributed by atoms with Gasteiger partial charge in [0.15, 0.2) is 4.67 Å². The maximum absolute atomic E-state index is 9.68. The second-order valence-corrected chi connectivity index (χ2v) is 4.09. The van der Waals surface area contributed by atoms with Crippen LogP contribution in [0.3, 0.4) is 0 Å². The van der Waals surface area contributed by atoms with Crippen LogP contribution in [0.15, 0.2) is 25.9 Å². The molecule has 2 heterocycles. The number of nitrogens with zero attached hydrogens (tertiary/aromatic N) is 2. The Kier molecular flexibility index (Phi) is 3.40. The normalized spacial score (nSPS) is 12.9. The Bertz CT molecular complexity index is 466. The maximum Gasteiger partial charge on any atom is 0.262 e. The number of furan rings is 1. The smallest absolute Gasteiger partial charge is 0.262 e. The first-order valence-corrected chi connectivity index (χ1v) is 5.76. The van der Waals surface area contributed by atoms with Crippen LogP contribution in [-0.4, -0.2) is 15.2 Å². The zero-order valence-corrected chi connectivity index (χ0v) is 10.3. The molecule has 86 valence electrons. The zero-order valence-electron chi connectivity index (χ0n) is 8.68. The van der Waals surface area contributed by atoms with Gasteiger partial charge in [0.2, 0.25) is 5.82 Å². The second kappa shape index (κ2) is 4.80. The van der Waals surface area contributed by atoms with E-state index in [4.69, 9.17) is 8.94 Å². The predicted molar refractivity (Wildman–Crippen MR) is 59.6 cm³/mol. The van der Waals surface area contributed by atoms with Crippen LogP contribution in [-0.2, 0) is 0 Å². The van der Waals surface area contributed by atoms with Crippen molar-refractivity contribution in [2.45, 2.75) is 25.9 Å². The van der Waals surface area contributed by atoms with Gasteiger partial charge in [-0.05, 0) is 28.4 Å². The molecule has 16 heavy (non-hydrogen) atoms. The van der Waals surface area contributed by atoms with Gasteiger partial charge in [-0.15, -0.1) is 0 Å². The Morgan fingerprint density at radius 2 is 2.38 bits per heavy atom. The summed E-state index contributed by atoms with van der Waals surface area (Å²) in [5.74, 6) is 0.649. The average Bonchev–Trinajstić information content (AvgIpc) is 2.86. The molecule has 6 heteroatoms. The number of rotatable bonds is 4. The van der Waals surface area contributed by atoms with Crippen molar-refractivity contribution in [1.82, 2.24) is 10.1 Å². The molecular formula is C10H11BrN2O3. The minimum absolute atomic E-state index is 0.310. The van der Waals surface area contributed by atoms with Gasteiger partial charge in [0.25, 0.3) is 5.89 Å². The number of aliphatic hydroxyl groups excluding tert-OH is 1. The standard InChI is InChI=1S/C10H11BrN2O3/c1-2-3-7(14)9-12-10(16-13-9)6-4-5-15-8(6)11/h4-5,7,14H,2-3H2,1H3. The van der Waals surface area contributed by atoms with E-state index in [1.165, 1.54) is 6.26 Å². The molecule has 0 radical (unpaired) electrons. The molecule has 0 aliphatic rings. The first-order valence-electron chi connectivity index (χ1n) is 4.97. The Hall–Kier alpha value is -1.14. The van der Waals surface area contributed by atoms with E-state index in [-0.39, 0.29) is 0 Å². The first kappa shape index (κ1) is 11.3. The summed E-state index contributed by atoms with van der Waals surface area (Å²) in [7, 11) is 0. The fourth-order valence-electron chi connectivity index (χ4n) is 1.33.